The van der Waals surface area contributed by atoms with E-state index >= 15 is 14.4 Å². The van der Waals surface area contributed by atoms with Gasteiger partial charge in [0.25, 0.3) is 5.91 Å². The predicted octanol–water partition coefficient (Wildman–Crippen LogP) is 8.40. The molecule has 4 aliphatic rings. The molecule has 0 bridgehead atoms. The highest BCUT2D eigenvalue weighted by Gasteiger charge is 2.76. The molecule has 4 amide bonds. The molecule has 5 aromatic rings. The van der Waals surface area contributed by atoms with E-state index in [0.717, 1.165) is 41.2 Å². The Kier molecular flexibility index (Phi) is 13.9. The van der Waals surface area contributed by atoms with E-state index in [1.165, 1.54) is 14.2 Å². The molecule has 3 aliphatic heterocycles. The van der Waals surface area contributed by atoms with Crippen molar-refractivity contribution in [2.75, 3.05) is 32.3 Å². The molecule has 2 saturated heterocycles. The Balaban J connectivity index is 1.32. The van der Waals surface area contributed by atoms with Gasteiger partial charge in [0, 0.05) is 19.2 Å². The molecule has 1 spiro atoms. The molecule has 69 heavy (non-hydrogen) atoms. The van der Waals surface area contributed by atoms with Crippen LogP contribution in [0, 0.1) is 17.8 Å². The topological polar surface area (TPSA) is 158 Å². The fourth-order valence-corrected chi connectivity index (χ4v) is 11.0. The number of carbonyl (C=O) groups is 4. The third-order valence-corrected chi connectivity index (χ3v) is 14.6. The zero-order valence-electron chi connectivity index (χ0n) is 38.1. The standard InChI is InChI=1S/C54H52Cl2N4O9/c1-58(67-2)49(62)44-46-50(63)69-47(37-15-9-6-10-16-37)45(36-13-7-5-8-14-36)60(46)48(38-19-21-39(22-20-38)68-30-29-61)54(44)40-31-34(25-28-53(66)26-11-3-4-12-27-53)18-24-43(40)59(51(54)64)52(65)57-33-35-17-23-41(55)42(56)32-35/h5-10,13-24,31-32,44-48,61,66H,3-4,11-12,26-27,29-30,33H2,1-2H3,(H,57,65)/t44-,45?,46-,47?,48+,54-/m1/s1. The highest BCUT2D eigenvalue weighted by atomic mass is 35.5. The van der Waals surface area contributed by atoms with Crippen molar-refractivity contribution in [2.45, 2.75) is 80.3 Å². The van der Waals surface area contributed by atoms with Crippen LogP contribution in [0.3, 0.4) is 0 Å². The van der Waals surface area contributed by atoms with E-state index in [1.807, 2.05) is 65.6 Å². The lowest BCUT2D eigenvalue weighted by Crippen LogP contribution is -2.56. The average molecular weight is 972 g/mol. The van der Waals surface area contributed by atoms with Crippen LogP contribution < -0.4 is 15.0 Å². The summed E-state index contributed by atoms with van der Waals surface area (Å²) in [5.74, 6) is 2.95. The second-order valence-electron chi connectivity index (χ2n) is 17.9. The Labute approximate surface area is 410 Å². The van der Waals surface area contributed by atoms with Crippen LogP contribution >= 0.6 is 23.2 Å². The van der Waals surface area contributed by atoms with Gasteiger partial charge in [-0.1, -0.05) is 127 Å². The summed E-state index contributed by atoms with van der Waals surface area (Å²) in [7, 11) is 2.73. The summed E-state index contributed by atoms with van der Waals surface area (Å²) in [5, 5.41) is 25.8. The number of fused-ring (bicyclic) bond motifs is 3. The van der Waals surface area contributed by atoms with Crippen molar-refractivity contribution >= 4 is 52.7 Å². The number of nitrogens with one attached hydrogen (secondary N) is 1. The number of imide groups is 1. The number of urea groups is 1. The first-order valence-corrected chi connectivity index (χ1v) is 23.9. The van der Waals surface area contributed by atoms with Gasteiger partial charge < -0.3 is 25.0 Å². The van der Waals surface area contributed by atoms with Gasteiger partial charge in [-0.2, -0.15) is 0 Å². The van der Waals surface area contributed by atoms with Gasteiger partial charge in [0.15, 0.2) is 0 Å². The second kappa shape index (κ2) is 20.0. The summed E-state index contributed by atoms with van der Waals surface area (Å²) in [4.78, 5) is 70.9. The fraction of sp³-hybridized carbons (Fsp3) is 0.333. The number of hydrogen-bond acceptors (Lipinski definition) is 10. The minimum absolute atomic E-state index is 0.0264. The van der Waals surface area contributed by atoms with Gasteiger partial charge >= 0.3 is 12.0 Å². The van der Waals surface area contributed by atoms with E-state index < -0.39 is 65.0 Å². The molecule has 0 aromatic heterocycles. The van der Waals surface area contributed by atoms with Gasteiger partial charge in [-0.25, -0.2) is 14.8 Å². The van der Waals surface area contributed by atoms with Crippen molar-refractivity contribution in [1.82, 2.24) is 15.3 Å². The number of aliphatic hydroxyl groups is 2. The molecule has 15 heteroatoms. The molecular formula is C54H52Cl2N4O9. The van der Waals surface area contributed by atoms with Crippen molar-refractivity contribution in [3.8, 4) is 17.6 Å². The summed E-state index contributed by atoms with van der Waals surface area (Å²) < 4.78 is 12.3. The summed E-state index contributed by atoms with van der Waals surface area (Å²) in [5.41, 5.74) is 0.0593. The van der Waals surface area contributed by atoms with Crippen LogP contribution in [0.5, 0.6) is 5.75 Å². The van der Waals surface area contributed by atoms with Gasteiger partial charge in [-0.05, 0) is 96.0 Å². The summed E-state index contributed by atoms with van der Waals surface area (Å²) in [6.45, 7) is -0.246. The van der Waals surface area contributed by atoms with Crippen LogP contribution in [-0.4, -0.2) is 83.0 Å². The lowest BCUT2D eigenvalue weighted by atomic mass is 9.65. The number of cyclic esters (lactones) is 1. The number of carbonyl (C=O) groups excluding carboxylic acids is 4. The monoisotopic (exact) mass is 970 g/mol. The van der Waals surface area contributed by atoms with Crippen LogP contribution in [0.25, 0.3) is 0 Å². The van der Waals surface area contributed by atoms with E-state index in [0.29, 0.717) is 45.9 Å². The van der Waals surface area contributed by atoms with Crippen LogP contribution in [0.1, 0.15) is 90.1 Å². The van der Waals surface area contributed by atoms with Crippen molar-refractivity contribution < 1.29 is 43.7 Å². The zero-order valence-corrected chi connectivity index (χ0v) is 39.7. The summed E-state index contributed by atoms with van der Waals surface area (Å²) in [6, 6.07) is 31.4. The third-order valence-electron chi connectivity index (χ3n) is 13.9. The highest BCUT2D eigenvalue weighted by Crippen LogP contribution is 2.66. The fourth-order valence-electron chi connectivity index (χ4n) is 10.7. The van der Waals surface area contributed by atoms with Gasteiger partial charge in [0.2, 0.25) is 5.91 Å². The van der Waals surface area contributed by atoms with Gasteiger partial charge in [-0.15, -0.1) is 0 Å². The summed E-state index contributed by atoms with van der Waals surface area (Å²) >= 11 is 12.6. The predicted molar refractivity (Wildman–Crippen MR) is 259 cm³/mol. The molecule has 0 radical (unpaired) electrons. The number of nitrogens with zero attached hydrogens (tertiary/aromatic N) is 3. The Morgan fingerprint density at radius 1 is 0.841 bits per heavy atom. The van der Waals surface area contributed by atoms with Crippen LogP contribution in [0.2, 0.25) is 10.0 Å². The van der Waals surface area contributed by atoms with E-state index in [2.05, 4.69) is 17.2 Å². The van der Waals surface area contributed by atoms with E-state index in [-0.39, 0.29) is 36.0 Å². The van der Waals surface area contributed by atoms with Gasteiger partial charge in [0.05, 0.1) is 47.5 Å². The van der Waals surface area contributed by atoms with Crippen LogP contribution in [0.4, 0.5) is 10.5 Å². The number of benzene rings is 5. The molecule has 6 atom stereocenters. The van der Waals surface area contributed by atoms with Crippen molar-refractivity contribution in [3.63, 3.8) is 0 Å². The molecule has 3 fully saturated rings. The number of aliphatic hydroxyl groups excluding tert-OH is 1. The number of ether oxygens (including phenoxy) is 2. The second-order valence-corrected chi connectivity index (χ2v) is 18.7. The van der Waals surface area contributed by atoms with Gasteiger partial charge in [0.1, 0.15) is 35.5 Å². The van der Waals surface area contributed by atoms with E-state index in [4.69, 9.17) is 37.5 Å². The van der Waals surface area contributed by atoms with Crippen molar-refractivity contribution in [3.05, 3.63) is 165 Å². The molecule has 13 nitrogen and oxygen atoms in total. The minimum Gasteiger partial charge on any atom is -0.491 e. The number of amides is 4. The Morgan fingerprint density at radius 3 is 2.17 bits per heavy atom. The van der Waals surface area contributed by atoms with Crippen molar-refractivity contribution in [2.24, 2.45) is 5.92 Å². The molecule has 3 heterocycles. The maximum Gasteiger partial charge on any atom is 0.329 e. The number of morpholine rings is 1. The lowest BCUT2D eigenvalue weighted by molar-refractivity contribution is -0.187. The first kappa shape index (κ1) is 47.8. The lowest BCUT2D eigenvalue weighted by Gasteiger charge is -2.46. The highest BCUT2D eigenvalue weighted by molar-refractivity contribution is 6.42. The van der Waals surface area contributed by atoms with Crippen LogP contribution in [0.15, 0.2) is 121 Å². The van der Waals surface area contributed by atoms with E-state index in [9.17, 15) is 15.0 Å². The number of hydrogen-bond donors (Lipinski definition) is 3. The molecule has 2 unspecified atom stereocenters. The third kappa shape index (κ3) is 8.86. The maximum absolute atomic E-state index is 16.5. The Bertz CT molecular complexity index is 2800. The smallest absolute Gasteiger partial charge is 0.329 e. The van der Waals surface area contributed by atoms with Gasteiger partial charge in [-0.3, -0.25) is 24.1 Å². The van der Waals surface area contributed by atoms with E-state index in [1.54, 1.807) is 60.7 Å². The normalized spacial score (nSPS) is 23.8. The first-order chi connectivity index (χ1) is 33.4. The molecule has 9 rings (SSSR count). The molecule has 1 saturated carbocycles. The number of hydroxylamine groups is 2. The molecular weight excluding hydrogens is 920 g/mol. The Hall–Kier alpha value is -6.24. The quantitative estimate of drug-likeness (QED) is 0.0538. The van der Waals surface area contributed by atoms with Crippen molar-refractivity contribution in [1.29, 1.82) is 0 Å². The average Bonchev–Trinajstić information content (AvgIpc) is 3.70. The number of halogens is 2. The molecule has 356 valence electrons. The molecule has 1 aliphatic carbocycles. The first-order valence-electron chi connectivity index (χ1n) is 23.1. The minimum atomic E-state index is -2.08. The van der Waals surface area contributed by atoms with Crippen LogP contribution in [-0.2, 0) is 35.9 Å². The number of anilines is 1. The summed E-state index contributed by atoms with van der Waals surface area (Å²) in [6.07, 6.45) is 3.70. The number of esters is 1. The largest absolute Gasteiger partial charge is 0.491 e. The SMILES string of the molecule is CON(C)C(=O)[C@H]1[C@@H]2C(=O)OC(c3ccccc3)C(c3ccccc3)N2[C@@H](c2ccc(OCCO)cc2)[C@]12C(=O)N(C(=O)NCc1ccc(Cl)c(Cl)c1)c1ccc(C#CC3(O)CCCCCC3)cc12. The molecule has 3 N–H and O–H groups in total. The molecule has 5 aromatic carbocycles. The zero-order chi connectivity index (χ0) is 48.5. The number of rotatable bonds is 10. The Morgan fingerprint density at radius 2 is 1.52 bits per heavy atom. The maximum atomic E-state index is 16.5.